The van der Waals surface area contributed by atoms with E-state index in [1.54, 1.807) is 6.07 Å². The first-order valence-corrected chi connectivity index (χ1v) is 2.43. The SMILES string of the molecule is N#Cc1cncc(N)c1. The fourth-order valence-electron chi connectivity index (χ4n) is 0.519. The molecule has 0 spiro atoms. The molecule has 44 valence electrons. The van der Waals surface area contributed by atoms with Crippen LogP contribution in [0.25, 0.3) is 0 Å². The number of rotatable bonds is 0. The predicted octanol–water partition coefficient (Wildman–Crippen LogP) is 0.535. The minimum Gasteiger partial charge on any atom is -0.397 e. The van der Waals surface area contributed by atoms with Crippen molar-refractivity contribution in [2.24, 2.45) is 0 Å². The van der Waals surface area contributed by atoms with Crippen molar-refractivity contribution in [1.82, 2.24) is 4.98 Å². The number of nitriles is 1. The molecule has 1 heterocycles. The molecule has 1 rings (SSSR count). The van der Waals surface area contributed by atoms with Crippen LogP contribution >= 0.6 is 0 Å². The third-order valence-corrected chi connectivity index (χ3v) is 0.888. The second-order valence-corrected chi connectivity index (χ2v) is 1.62. The lowest BCUT2D eigenvalue weighted by atomic mass is 10.3. The van der Waals surface area contributed by atoms with Gasteiger partial charge in [-0.1, -0.05) is 0 Å². The molecule has 0 radical (unpaired) electrons. The molecule has 2 N–H and O–H groups in total. The summed E-state index contributed by atoms with van der Waals surface area (Å²) in [5, 5.41) is 8.32. The molecule has 1 aromatic rings. The van der Waals surface area contributed by atoms with Gasteiger partial charge in [-0.2, -0.15) is 5.26 Å². The van der Waals surface area contributed by atoms with Crippen molar-refractivity contribution < 1.29 is 0 Å². The average molecular weight is 119 g/mol. The van der Waals surface area contributed by atoms with E-state index in [2.05, 4.69) is 4.98 Å². The Morgan fingerprint density at radius 1 is 1.56 bits per heavy atom. The second-order valence-electron chi connectivity index (χ2n) is 1.62. The van der Waals surface area contributed by atoms with E-state index < -0.39 is 0 Å². The van der Waals surface area contributed by atoms with Gasteiger partial charge in [0.05, 0.1) is 11.3 Å². The zero-order chi connectivity index (χ0) is 6.69. The van der Waals surface area contributed by atoms with Crippen molar-refractivity contribution >= 4 is 5.69 Å². The molecule has 9 heavy (non-hydrogen) atoms. The Bertz CT molecular complexity index is 249. The van der Waals surface area contributed by atoms with Crippen LogP contribution in [0.15, 0.2) is 18.5 Å². The summed E-state index contributed by atoms with van der Waals surface area (Å²) in [6, 6.07) is 3.50. The lowest BCUT2D eigenvalue weighted by molar-refractivity contribution is 1.31. The fraction of sp³-hybridized carbons (Fsp3) is 0. The van der Waals surface area contributed by atoms with Crippen molar-refractivity contribution in [2.75, 3.05) is 5.73 Å². The number of anilines is 1. The van der Waals surface area contributed by atoms with E-state index in [9.17, 15) is 0 Å². The second kappa shape index (κ2) is 2.14. The summed E-state index contributed by atoms with van der Waals surface area (Å²) in [6.45, 7) is 0. The molecular formula is C6H5N3. The summed E-state index contributed by atoms with van der Waals surface area (Å²) >= 11 is 0. The van der Waals surface area contributed by atoms with Gasteiger partial charge in [-0.25, -0.2) is 0 Å². The zero-order valence-electron chi connectivity index (χ0n) is 4.70. The van der Waals surface area contributed by atoms with E-state index in [1.165, 1.54) is 12.4 Å². The van der Waals surface area contributed by atoms with Crippen molar-refractivity contribution in [2.45, 2.75) is 0 Å². The molecule has 0 fully saturated rings. The topological polar surface area (TPSA) is 62.7 Å². The maximum Gasteiger partial charge on any atom is 0.101 e. The molecule has 0 atom stereocenters. The first-order chi connectivity index (χ1) is 4.33. The van der Waals surface area contributed by atoms with Crippen LogP contribution < -0.4 is 5.73 Å². The van der Waals surface area contributed by atoms with Crippen LogP contribution in [0.2, 0.25) is 0 Å². The van der Waals surface area contributed by atoms with Gasteiger partial charge in [-0.15, -0.1) is 0 Å². The standard InChI is InChI=1S/C6H5N3/c7-2-5-1-6(8)4-9-3-5/h1,3-4H,8H2. The Morgan fingerprint density at radius 3 is 2.78 bits per heavy atom. The van der Waals surface area contributed by atoms with E-state index in [1.807, 2.05) is 6.07 Å². The minimum atomic E-state index is 0.495. The third kappa shape index (κ3) is 1.16. The lowest BCUT2D eigenvalue weighted by Crippen LogP contribution is -1.86. The number of pyridine rings is 1. The van der Waals surface area contributed by atoms with E-state index in [-0.39, 0.29) is 0 Å². The highest BCUT2D eigenvalue weighted by molar-refractivity contribution is 5.41. The molecule has 0 saturated heterocycles. The Balaban J connectivity index is 3.12. The van der Waals surface area contributed by atoms with Crippen molar-refractivity contribution in [3.05, 3.63) is 24.0 Å². The molecule has 1 aromatic heterocycles. The van der Waals surface area contributed by atoms with Crippen LogP contribution in [-0.4, -0.2) is 4.98 Å². The highest BCUT2D eigenvalue weighted by Crippen LogP contribution is 2.00. The van der Waals surface area contributed by atoms with Gasteiger partial charge in [-0.3, -0.25) is 4.98 Å². The molecule has 0 aliphatic rings. The van der Waals surface area contributed by atoms with Crippen molar-refractivity contribution in [1.29, 1.82) is 5.26 Å². The summed E-state index contributed by atoms with van der Waals surface area (Å²) in [6.07, 6.45) is 2.97. The molecule has 3 nitrogen and oxygen atoms in total. The number of hydrogen-bond donors (Lipinski definition) is 1. The molecule has 0 bridgehead atoms. The van der Waals surface area contributed by atoms with Crippen molar-refractivity contribution in [3.63, 3.8) is 0 Å². The largest absolute Gasteiger partial charge is 0.397 e. The fourth-order valence-corrected chi connectivity index (χ4v) is 0.519. The zero-order valence-corrected chi connectivity index (χ0v) is 4.70. The van der Waals surface area contributed by atoms with Crippen LogP contribution in [0.4, 0.5) is 5.69 Å². The van der Waals surface area contributed by atoms with Gasteiger partial charge >= 0.3 is 0 Å². The van der Waals surface area contributed by atoms with Gasteiger partial charge < -0.3 is 5.73 Å². The molecule has 0 saturated carbocycles. The maximum atomic E-state index is 8.32. The highest BCUT2D eigenvalue weighted by atomic mass is 14.7. The van der Waals surface area contributed by atoms with Gasteiger partial charge in [0.1, 0.15) is 6.07 Å². The first kappa shape index (κ1) is 5.57. The Labute approximate surface area is 52.7 Å². The summed E-state index contributed by atoms with van der Waals surface area (Å²) < 4.78 is 0. The van der Waals surface area contributed by atoms with Crippen LogP contribution in [0.1, 0.15) is 5.56 Å². The van der Waals surface area contributed by atoms with Gasteiger partial charge in [-0.05, 0) is 6.07 Å². The summed E-state index contributed by atoms with van der Waals surface area (Å²) in [4.78, 5) is 3.71. The van der Waals surface area contributed by atoms with Crippen molar-refractivity contribution in [3.8, 4) is 6.07 Å². The third-order valence-electron chi connectivity index (χ3n) is 0.888. The quantitative estimate of drug-likeness (QED) is 0.542. The normalized spacial score (nSPS) is 8.33. The molecule has 0 unspecified atom stereocenters. The molecule has 0 amide bonds. The summed E-state index contributed by atoms with van der Waals surface area (Å²) in [5.41, 5.74) is 6.34. The lowest BCUT2D eigenvalue weighted by Gasteiger charge is -1.88. The number of hydrogen-bond acceptors (Lipinski definition) is 3. The maximum absolute atomic E-state index is 8.32. The van der Waals surface area contributed by atoms with Crippen LogP contribution in [0.5, 0.6) is 0 Å². The van der Waals surface area contributed by atoms with Crippen LogP contribution in [0, 0.1) is 11.3 Å². The van der Waals surface area contributed by atoms with E-state index >= 15 is 0 Å². The van der Waals surface area contributed by atoms with E-state index in [4.69, 9.17) is 11.0 Å². The van der Waals surface area contributed by atoms with Gasteiger partial charge in [0.15, 0.2) is 0 Å². The molecule has 0 aliphatic heterocycles. The number of nitrogens with two attached hydrogens (primary N) is 1. The predicted molar refractivity (Wildman–Crippen MR) is 33.4 cm³/mol. The van der Waals surface area contributed by atoms with Crippen LogP contribution in [0.3, 0.4) is 0 Å². The van der Waals surface area contributed by atoms with Gasteiger partial charge in [0.2, 0.25) is 0 Å². The summed E-state index contributed by atoms with van der Waals surface area (Å²) in [7, 11) is 0. The number of aromatic nitrogens is 1. The van der Waals surface area contributed by atoms with Gasteiger partial charge in [0, 0.05) is 12.4 Å². The molecular weight excluding hydrogens is 114 g/mol. The molecule has 0 aliphatic carbocycles. The average Bonchev–Trinajstić information content (AvgIpc) is 1.88. The highest BCUT2D eigenvalue weighted by Gasteiger charge is 1.87. The van der Waals surface area contributed by atoms with E-state index in [0.29, 0.717) is 11.3 Å². The van der Waals surface area contributed by atoms with Crippen LogP contribution in [-0.2, 0) is 0 Å². The number of nitrogen functional groups attached to an aromatic ring is 1. The smallest absolute Gasteiger partial charge is 0.101 e. The minimum absolute atomic E-state index is 0.495. The van der Waals surface area contributed by atoms with Gasteiger partial charge in [0.25, 0.3) is 0 Å². The monoisotopic (exact) mass is 119 g/mol. The Kier molecular flexibility index (Phi) is 1.32. The Hall–Kier alpha value is -1.56. The molecule has 0 aromatic carbocycles. The number of nitrogens with zero attached hydrogens (tertiary/aromatic N) is 2. The first-order valence-electron chi connectivity index (χ1n) is 2.43. The Morgan fingerprint density at radius 2 is 2.33 bits per heavy atom. The summed E-state index contributed by atoms with van der Waals surface area (Å²) in [5.74, 6) is 0. The molecule has 3 heteroatoms. The van der Waals surface area contributed by atoms with E-state index in [0.717, 1.165) is 0 Å².